The lowest BCUT2D eigenvalue weighted by Gasteiger charge is -2.13. The molecule has 1 aromatic rings. The Labute approximate surface area is 93.3 Å². The van der Waals surface area contributed by atoms with Gasteiger partial charge in [-0.2, -0.15) is 0 Å². The average Bonchev–Trinajstić information content (AvgIpc) is 2.51. The molecule has 0 unspecified atom stereocenters. The van der Waals surface area contributed by atoms with Crippen LogP contribution in [0.5, 0.6) is 0 Å². The summed E-state index contributed by atoms with van der Waals surface area (Å²) in [6.45, 7) is 8.90. The summed E-state index contributed by atoms with van der Waals surface area (Å²) in [7, 11) is 4.23. The van der Waals surface area contributed by atoms with Gasteiger partial charge in [0.05, 0.1) is 6.54 Å². The van der Waals surface area contributed by atoms with Gasteiger partial charge in [0.15, 0.2) is 0 Å². The van der Waals surface area contributed by atoms with Gasteiger partial charge in [0.2, 0.25) is 6.33 Å². The number of imidazole rings is 1. The molecule has 0 saturated heterocycles. The molecular weight excluding hydrogens is 186 g/mol. The Morgan fingerprint density at radius 3 is 2.40 bits per heavy atom. The fraction of sp³-hybridized carbons (Fsp3) is 0.750. The van der Waals surface area contributed by atoms with E-state index < -0.39 is 0 Å². The molecule has 0 fully saturated rings. The molecule has 3 heteroatoms. The van der Waals surface area contributed by atoms with E-state index in [1.165, 1.54) is 6.42 Å². The minimum Gasteiger partial charge on any atom is -0.309 e. The van der Waals surface area contributed by atoms with Gasteiger partial charge < -0.3 is 4.90 Å². The summed E-state index contributed by atoms with van der Waals surface area (Å²) in [6.07, 6.45) is 7.69. The molecule has 1 heterocycles. The second-order valence-corrected chi connectivity index (χ2v) is 5.39. The van der Waals surface area contributed by atoms with Crippen molar-refractivity contribution in [2.45, 2.75) is 39.3 Å². The van der Waals surface area contributed by atoms with Crippen molar-refractivity contribution in [2.24, 2.45) is 0 Å². The number of rotatable bonds is 4. The van der Waals surface area contributed by atoms with Gasteiger partial charge in [-0.15, -0.1) is 0 Å². The molecule has 1 aromatic heterocycles. The van der Waals surface area contributed by atoms with Crippen LogP contribution in [-0.2, 0) is 12.1 Å². The Bertz CT molecular complexity index is 294. The van der Waals surface area contributed by atoms with Crippen LogP contribution in [0.15, 0.2) is 18.7 Å². The van der Waals surface area contributed by atoms with Crippen LogP contribution in [0.2, 0.25) is 0 Å². The van der Waals surface area contributed by atoms with E-state index in [9.17, 15) is 0 Å². The lowest BCUT2D eigenvalue weighted by Crippen LogP contribution is -2.34. The third-order valence-corrected chi connectivity index (χ3v) is 2.49. The Morgan fingerprint density at radius 1 is 1.27 bits per heavy atom. The Hall–Kier alpha value is -0.830. The van der Waals surface area contributed by atoms with Crippen molar-refractivity contribution in [3.63, 3.8) is 0 Å². The third kappa shape index (κ3) is 4.04. The summed E-state index contributed by atoms with van der Waals surface area (Å²) in [5.41, 5.74) is 0.187. The van der Waals surface area contributed by atoms with Gasteiger partial charge in [-0.05, 0) is 41.3 Å². The van der Waals surface area contributed by atoms with Crippen molar-refractivity contribution in [2.75, 3.05) is 20.6 Å². The van der Waals surface area contributed by atoms with Crippen molar-refractivity contribution in [1.29, 1.82) is 0 Å². The summed E-state index contributed by atoms with van der Waals surface area (Å²) >= 11 is 0. The fourth-order valence-electron chi connectivity index (χ4n) is 1.49. The molecule has 3 nitrogen and oxygen atoms in total. The van der Waals surface area contributed by atoms with Crippen molar-refractivity contribution in [3.05, 3.63) is 18.7 Å². The van der Waals surface area contributed by atoms with E-state index in [4.69, 9.17) is 0 Å². The summed E-state index contributed by atoms with van der Waals surface area (Å²) in [4.78, 5) is 2.22. The van der Waals surface area contributed by atoms with Crippen LogP contribution in [0.4, 0.5) is 0 Å². The zero-order chi connectivity index (χ0) is 11.5. The number of aryl methyl sites for hydroxylation is 1. The SMILES string of the molecule is CN(C)CCC[n+]1ccn(C(C)(C)C)c1. The molecule has 15 heavy (non-hydrogen) atoms. The van der Waals surface area contributed by atoms with E-state index in [0.717, 1.165) is 13.1 Å². The normalized spacial score (nSPS) is 12.4. The highest BCUT2D eigenvalue weighted by Crippen LogP contribution is 2.11. The van der Waals surface area contributed by atoms with Crippen LogP contribution < -0.4 is 4.57 Å². The van der Waals surface area contributed by atoms with Crippen LogP contribution in [0, 0.1) is 0 Å². The number of aromatic nitrogens is 2. The first-order valence-electron chi connectivity index (χ1n) is 5.62. The molecule has 0 aliphatic carbocycles. The van der Waals surface area contributed by atoms with Gasteiger partial charge in [-0.1, -0.05) is 0 Å². The monoisotopic (exact) mass is 210 g/mol. The minimum absolute atomic E-state index is 0.187. The van der Waals surface area contributed by atoms with Gasteiger partial charge in [-0.25, -0.2) is 9.13 Å². The predicted molar refractivity (Wildman–Crippen MR) is 62.8 cm³/mol. The maximum Gasteiger partial charge on any atom is 0.244 e. The molecule has 0 aliphatic rings. The first-order chi connectivity index (χ1) is 6.89. The van der Waals surface area contributed by atoms with Crippen LogP contribution in [0.25, 0.3) is 0 Å². The zero-order valence-corrected chi connectivity index (χ0v) is 10.7. The largest absolute Gasteiger partial charge is 0.309 e. The van der Waals surface area contributed by atoms with Crippen molar-refractivity contribution >= 4 is 0 Å². The smallest absolute Gasteiger partial charge is 0.244 e. The summed E-state index contributed by atoms with van der Waals surface area (Å²) < 4.78 is 4.51. The topological polar surface area (TPSA) is 12.1 Å². The predicted octanol–water partition coefficient (Wildman–Crippen LogP) is 1.48. The summed E-state index contributed by atoms with van der Waals surface area (Å²) in [6, 6.07) is 0. The van der Waals surface area contributed by atoms with Gasteiger partial charge in [-0.3, -0.25) is 0 Å². The van der Waals surface area contributed by atoms with Crippen LogP contribution >= 0.6 is 0 Å². The quantitative estimate of drug-likeness (QED) is 0.686. The lowest BCUT2D eigenvalue weighted by molar-refractivity contribution is -0.697. The number of hydrogen-bond donors (Lipinski definition) is 0. The first-order valence-corrected chi connectivity index (χ1v) is 5.62. The second-order valence-electron chi connectivity index (χ2n) is 5.39. The maximum absolute atomic E-state index is 2.26. The molecule has 0 radical (unpaired) electrons. The summed E-state index contributed by atoms with van der Waals surface area (Å²) in [5, 5.41) is 0. The average molecular weight is 210 g/mol. The zero-order valence-electron chi connectivity index (χ0n) is 10.7. The highest BCUT2D eigenvalue weighted by atomic mass is 15.1. The van der Waals surface area contributed by atoms with Crippen LogP contribution in [0.1, 0.15) is 27.2 Å². The van der Waals surface area contributed by atoms with Crippen molar-refractivity contribution in [3.8, 4) is 0 Å². The Kier molecular flexibility index (Phi) is 3.91. The molecule has 0 spiro atoms. The van der Waals surface area contributed by atoms with Gasteiger partial charge in [0.1, 0.15) is 17.9 Å². The van der Waals surface area contributed by atoms with Crippen molar-refractivity contribution < 1.29 is 4.57 Å². The van der Waals surface area contributed by atoms with E-state index in [-0.39, 0.29) is 5.54 Å². The van der Waals surface area contributed by atoms with Crippen LogP contribution in [0.3, 0.4) is 0 Å². The van der Waals surface area contributed by atoms with E-state index in [0.29, 0.717) is 0 Å². The van der Waals surface area contributed by atoms with Gasteiger partial charge in [0.25, 0.3) is 0 Å². The lowest BCUT2D eigenvalue weighted by atomic mass is 10.1. The number of hydrogen-bond acceptors (Lipinski definition) is 1. The van der Waals surface area contributed by atoms with Crippen LogP contribution in [-0.4, -0.2) is 30.1 Å². The van der Waals surface area contributed by atoms with E-state index >= 15 is 0 Å². The summed E-state index contributed by atoms with van der Waals surface area (Å²) in [5.74, 6) is 0. The molecule has 0 N–H and O–H groups in total. The highest BCUT2D eigenvalue weighted by molar-refractivity contribution is 4.78. The molecule has 0 bridgehead atoms. The molecule has 0 saturated carbocycles. The van der Waals surface area contributed by atoms with Gasteiger partial charge >= 0.3 is 0 Å². The fourth-order valence-corrected chi connectivity index (χ4v) is 1.49. The van der Waals surface area contributed by atoms with Gasteiger partial charge in [0, 0.05) is 6.54 Å². The molecule has 86 valence electrons. The van der Waals surface area contributed by atoms with E-state index in [1.54, 1.807) is 0 Å². The van der Waals surface area contributed by atoms with Crippen molar-refractivity contribution in [1.82, 2.24) is 9.47 Å². The molecule has 0 amide bonds. The third-order valence-electron chi connectivity index (χ3n) is 2.49. The van der Waals surface area contributed by atoms with E-state index in [2.05, 4.69) is 67.6 Å². The molecule has 1 rings (SSSR count). The number of nitrogens with zero attached hydrogens (tertiary/aromatic N) is 3. The second kappa shape index (κ2) is 4.79. The molecular formula is C12H24N3+. The standard InChI is InChI=1S/C12H24N3/c1-12(2,3)15-10-9-14(11-15)8-6-7-13(4)5/h9-11H,6-8H2,1-5H3/q+1. The Morgan fingerprint density at radius 2 is 1.93 bits per heavy atom. The molecule has 0 atom stereocenters. The highest BCUT2D eigenvalue weighted by Gasteiger charge is 2.18. The molecule has 0 aromatic carbocycles. The molecule has 0 aliphatic heterocycles. The first kappa shape index (κ1) is 12.2. The Balaban J connectivity index is 2.47. The van der Waals surface area contributed by atoms with E-state index in [1.807, 2.05) is 0 Å². The minimum atomic E-state index is 0.187. The maximum atomic E-state index is 2.26.